The molecular formula is C14H17FN2O2. The van der Waals surface area contributed by atoms with Crippen LogP contribution in [-0.4, -0.2) is 36.5 Å². The number of aliphatic hydroxyl groups excluding tert-OH is 1. The molecule has 19 heavy (non-hydrogen) atoms. The first-order valence-corrected chi connectivity index (χ1v) is 6.16. The SMILES string of the molecule is COCC(O)CCNc1ccnc2cc(F)ccc12. The molecule has 0 saturated carbocycles. The number of fused-ring (bicyclic) bond motifs is 1. The fourth-order valence-electron chi connectivity index (χ4n) is 1.92. The fourth-order valence-corrected chi connectivity index (χ4v) is 1.92. The van der Waals surface area contributed by atoms with Gasteiger partial charge in [0.2, 0.25) is 0 Å². The maximum atomic E-state index is 13.1. The highest BCUT2D eigenvalue weighted by Crippen LogP contribution is 2.22. The lowest BCUT2D eigenvalue weighted by Crippen LogP contribution is -2.18. The number of benzene rings is 1. The number of halogens is 1. The van der Waals surface area contributed by atoms with Gasteiger partial charge in [-0.05, 0) is 24.6 Å². The van der Waals surface area contributed by atoms with Gasteiger partial charge >= 0.3 is 0 Å². The second-order valence-electron chi connectivity index (χ2n) is 4.34. The molecule has 5 heteroatoms. The Bertz CT molecular complexity index is 548. The molecule has 1 unspecified atom stereocenters. The third-order valence-electron chi connectivity index (χ3n) is 2.86. The summed E-state index contributed by atoms with van der Waals surface area (Å²) >= 11 is 0. The summed E-state index contributed by atoms with van der Waals surface area (Å²) in [5.74, 6) is -0.298. The van der Waals surface area contributed by atoms with Crippen molar-refractivity contribution in [3.8, 4) is 0 Å². The van der Waals surface area contributed by atoms with Crippen LogP contribution >= 0.6 is 0 Å². The molecule has 0 aliphatic rings. The molecule has 1 aromatic carbocycles. The number of methoxy groups -OCH3 is 1. The van der Waals surface area contributed by atoms with Crippen molar-refractivity contribution in [2.24, 2.45) is 0 Å². The summed E-state index contributed by atoms with van der Waals surface area (Å²) in [6.07, 6.45) is 1.73. The van der Waals surface area contributed by atoms with Crippen molar-refractivity contribution in [3.05, 3.63) is 36.3 Å². The second kappa shape index (κ2) is 6.45. The minimum absolute atomic E-state index is 0.298. The van der Waals surface area contributed by atoms with Gasteiger partial charge in [0.05, 0.1) is 18.2 Å². The molecule has 0 aliphatic carbocycles. The number of pyridine rings is 1. The van der Waals surface area contributed by atoms with Crippen molar-refractivity contribution in [1.29, 1.82) is 0 Å². The quantitative estimate of drug-likeness (QED) is 0.839. The van der Waals surface area contributed by atoms with Gasteiger partial charge in [-0.1, -0.05) is 0 Å². The van der Waals surface area contributed by atoms with Crippen molar-refractivity contribution in [2.45, 2.75) is 12.5 Å². The van der Waals surface area contributed by atoms with Crippen molar-refractivity contribution in [2.75, 3.05) is 25.6 Å². The molecule has 0 fully saturated rings. The van der Waals surface area contributed by atoms with Crippen molar-refractivity contribution >= 4 is 16.6 Å². The Kier molecular flexibility index (Phi) is 4.65. The van der Waals surface area contributed by atoms with Gasteiger partial charge in [0.15, 0.2) is 0 Å². The zero-order valence-electron chi connectivity index (χ0n) is 10.8. The molecule has 2 rings (SSSR count). The third-order valence-corrected chi connectivity index (χ3v) is 2.86. The number of anilines is 1. The molecule has 4 nitrogen and oxygen atoms in total. The summed E-state index contributed by atoms with van der Waals surface area (Å²) in [4.78, 5) is 4.13. The van der Waals surface area contributed by atoms with Gasteiger partial charge in [-0.25, -0.2) is 4.39 Å². The van der Waals surface area contributed by atoms with E-state index in [9.17, 15) is 9.50 Å². The molecule has 0 saturated heterocycles. The maximum Gasteiger partial charge on any atom is 0.125 e. The Hall–Kier alpha value is -1.72. The number of ether oxygens (including phenoxy) is 1. The Morgan fingerprint density at radius 1 is 1.42 bits per heavy atom. The van der Waals surface area contributed by atoms with E-state index < -0.39 is 6.10 Å². The van der Waals surface area contributed by atoms with Crippen molar-refractivity contribution < 1.29 is 14.2 Å². The van der Waals surface area contributed by atoms with Gasteiger partial charge in [-0.15, -0.1) is 0 Å². The number of aliphatic hydroxyl groups is 1. The number of hydrogen-bond acceptors (Lipinski definition) is 4. The van der Waals surface area contributed by atoms with E-state index in [1.807, 2.05) is 6.07 Å². The Balaban J connectivity index is 2.04. The molecule has 1 atom stereocenters. The molecule has 0 amide bonds. The summed E-state index contributed by atoms with van der Waals surface area (Å²) in [7, 11) is 1.56. The predicted octanol–water partition coefficient (Wildman–Crippen LogP) is 2.18. The standard InChI is InChI=1S/C14H17FN2O2/c1-19-9-11(18)4-6-16-13-5-7-17-14-8-10(15)2-3-12(13)14/h2-3,5,7-8,11,18H,4,6,9H2,1H3,(H,16,17). The van der Waals surface area contributed by atoms with Gasteiger partial charge in [-0.2, -0.15) is 0 Å². The lowest BCUT2D eigenvalue weighted by atomic mass is 10.1. The van der Waals surface area contributed by atoms with E-state index in [2.05, 4.69) is 10.3 Å². The zero-order chi connectivity index (χ0) is 13.7. The van der Waals surface area contributed by atoms with E-state index in [4.69, 9.17) is 4.74 Å². The average molecular weight is 264 g/mol. The summed E-state index contributed by atoms with van der Waals surface area (Å²) in [6.45, 7) is 0.936. The monoisotopic (exact) mass is 264 g/mol. The largest absolute Gasteiger partial charge is 0.391 e. The number of nitrogens with one attached hydrogen (secondary N) is 1. The molecule has 1 aromatic heterocycles. The molecule has 2 N–H and O–H groups in total. The maximum absolute atomic E-state index is 13.1. The van der Waals surface area contributed by atoms with Gasteiger partial charge < -0.3 is 15.2 Å². The van der Waals surface area contributed by atoms with Crippen LogP contribution in [0.3, 0.4) is 0 Å². The molecular weight excluding hydrogens is 247 g/mol. The highest BCUT2D eigenvalue weighted by atomic mass is 19.1. The topological polar surface area (TPSA) is 54.4 Å². The first-order chi connectivity index (χ1) is 9.20. The lowest BCUT2D eigenvalue weighted by molar-refractivity contribution is 0.0615. The molecule has 0 spiro atoms. The molecule has 1 heterocycles. The van der Waals surface area contributed by atoms with Crippen LogP contribution in [0.1, 0.15) is 6.42 Å². The molecule has 2 aromatic rings. The molecule has 0 radical (unpaired) electrons. The van der Waals surface area contributed by atoms with Gasteiger partial charge in [-0.3, -0.25) is 4.98 Å². The smallest absolute Gasteiger partial charge is 0.125 e. The van der Waals surface area contributed by atoms with Crippen molar-refractivity contribution in [1.82, 2.24) is 4.98 Å². The zero-order valence-corrected chi connectivity index (χ0v) is 10.8. The predicted molar refractivity (Wildman–Crippen MR) is 72.7 cm³/mol. The van der Waals surface area contributed by atoms with Gasteiger partial charge in [0.25, 0.3) is 0 Å². The second-order valence-corrected chi connectivity index (χ2v) is 4.34. The van der Waals surface area contributed by atoms with Crippen LogP contribution in [0.5, 0.6) is 0 Å². The van der Waals surface area contributed by atoms with Crippen LogP contribution < -0.4 is 5.32 Å². The van der Waals surface area contributed by atoms with Crippen molar-refractivity contribution in [3.63, 3.8) is 0 Å². The summed E-state index contributed by atoms with van der Waals surface area (Å²) in [5, 5.41) is 13.6. The van der Waals surface area contributed by atoms with Crippen LogP contribution in [0.4, 0.5) is 10.1 Å². The summed E-state index contributed by atoms with van der Waals surface area (Å²) in [5.41, 5.74) is 1.50. The number of rotatable bonds is 6. The minimum Gasteiger partial charge on any atom is -0.391 e. The van der Waals surface area contributed by atoms with Crippen LogP contribution in [0, 0.1) is 5.82 Å². The third kappa shape index (κ3) is 3.62. The average Bonchev–Trinajstić information content (AvgIpc) is 2.39. The summed E-state index contributed by atoms with van der Waals surface area (Å²) in [6, 6.07) is 6.35. The molecule has 102 valence electrons. The lowest BCUT2D eigenvalue weighted by Gasteiger charge is -2.12. The normalized spacial score (nSPS) is 12.6. The van der Waals surface area contributed by atoms with Gasteiger partial charge in [0.1, 0.15) is 5.82 Å². The first kappa shape index (κ1) is 13.7. The Morgan fingerprint density at radius 2 is 2.26 bits per heavy atom. The van der Waals surface area contributed by atoms with E-state index in [1.165, 1.54) is 12.1 Å². The molecule has 0 aliphatic heterocycles. The highest BCUT2D eigenvalue weighted by Gasteiger charge is 2.05. The Morgan fingerprint density at radius 3 is 3.05 bits per heavy atom. The van der Waals surface area contributed by atoms with E-state index in [-0.39, 0.29) is 5.82 Å². The van der Waals surface area contributed by atoms with Gasteiger partial charge in [0, 0.05) is 37.0 Å². The van der Waals surface area contributed by atoms with Crippen LogP contribution in [0.15, 0.2) is 30.5 Å². The van der Waals surface area contributed by atoms with Crippen LogP contribution in [0.25, 0.3) is 10.9 Å². The van der Waals surface area contributed by atoms with E-state index in [0.29, 0.717) is 25.1 Å². The summed E-state index contributed by atoms with van der Waals surface area (Å²) < 4.78 is 18.0. The fraction of sp³-hybridized carbons (Fsp3) is 0.357. The number of hydrogen-bond donors (Lipinski definition) is 2. The Labute approximate surface area is 111 Å². The minimum atomic E-state index is -0.483. The number of nitrogens with zero attached hydrogens (tertiary/aromatic N) is 1. The van der Waals surface area contributed by atoms with E-state index >= 15 is 0 Å². The highest BCUT2D eigenvalue weighted by molar-refractivity contribution is 5.90. The number of aromatic nitrogens is 1. The van der Waals surface area contributed by atoms with E-state index in [1.54, 1.807) is 19.4 Å². The van der Waals surface area contributed by atoms with Crippen LogP contribution in [-0.2, 0) is 4.74 Å². The molecule has 0 bridgehead atoms. The first-order valence-electron chi connectivity index (χ1n) is 6.16. The van der Waals surface area contributed by atoms with Crippen LogP contribution in [0.2, 0.25) is 0 Å². The van der Waals surface area contributed by atoms with E-state index in [0.717, 1.165) is 11.1 Å².